The van der Waals surface area contributed by atoms with Crippen LogP contribution in [0, 0.1) is 29.1 Å². The second-order valence-corrected chi connectivity index (χ2v) is 14.8. The molecule has 1 amide bonds. The first-order chi connectivity index (χ1) is 19.1. The minimum Gasteiger partial charge on any atom is -0.441 e. The van der Waals surface area contributed by atoms with E-state index in [4.69, 9.17) is 9.15 Å². The largest absolute Gasteiger partial charge is 0.441 e. The maximum Gasteiger partial charge on any atom is 0.264 e. The Bertz CT molecular complexity index is 1440. The summed E-state index contributed by atoms with van der Waals surface area (Å²) in [5.41, 5.74) is 3.38. The highest BCUT2D eigenvalue weighted by Crippen LogP contribution is 3.00. The quantitative estimate of drug-likeness (QED) is 0.347. The van der Waals surface area contributed by atoms with Crippen LogP contribution in [-0.4, -0.2) is 48.8 Å². The topological polar surface area (TPSA) is 96.0 Å². The van der Waals surface area contributed by atoms with Gasteiger partial charge in [-0.1, -0.05) is 56.4 Å². The summed E-state index contributed by atoms with van der Waals surface area (Å²) < 4.78 is 35.3. The third kappa shape index (κ3) is 3.76. The van der Waals surface area contributed by atoms with Crippen LogP contribution in [0.15, 0.2) is 70.7 Å². The molecule has 4 fully saturated rings. The van der Waals surface area contributed by atoms with Crippen LogP contribution < -0.4 is 0 Å². The first-order valence-corrected chi connectivity index (χ1v) is 16.0. The van der Waals surface area contributed by atoms with Crippen molar-refractivity contribution in [3.05, 3.63) is 77.7 Å². The number of carbonyl (C=O) groups excluding carboxylic acids is 1. The fourth-order valence-corrected chi connectivity index (χ4v) is 11.1. The molecule has 3 saturated carbocycles. The number of allylic oxidation sites excluding steroid dienone is 3. The second kappa shape index (κ2) is 8.92. The van der Waals surface area contributed by atoms with E-state index in [0.29, 0.717) is 37.0 Å². The number of nitrogens with zero attached hydrogens (tertiary/aromatic N) is 2. The molecule has 2 spiro atoms. The summed E-state index contributed by atoms with van der Waals surface area (Å²) in [5.74, 6) is 2.14. The zero-order valence-electron chi connectivity index (χ0n) is 23.4. The number of hydrogen-bond acceptors (Lipinski definition) is 6. The van der Waals surface area contributed by atoms with E-state index >= 15 is 0 Å². The van der Waals surface area contributed by atoms with Gasteiger partial charge in [-0.3, -0.25) is 13.9 Å². The smallest absolute Gasteiger partial charge is 0.264 e. The zero-order chi connectivity index (χ0) is 27.9. The number of amides is 1. The maximum atomic E-state index is 13.2. The Morgan fingerprint density at radius 2 is 2.08 bits per heavy atom. The van der Waals surface area contributed by atoms with Crippen LogP contribution in [-0.2, 0) is 16.0 Å². The van der Waals surface area contributed by atoms with Crippen molar-refractivity contribution in [2.45, 2.75) is 65.0 Å². The molecule has 0 bridgehead atoms. The molecule has 1 aromatic carbocycles. The van der Waals surface area contributed by atoms with Crippen molar-refractivity contribution in [3.63, 3.8) is 0 Å². The molecule has 8 heteroatoms. The van der Waals surface area contributed by atoms with Gasteiger partial charge in [-0.2, -0.15) is 0 Å². The van der Waals surface area contributed by atoms with Gasteiger partial charge in [0.25, 0.3) is 5.91 Å². The van der Waals surface area contributed by atoms with Crippen molar-refractivity contribution in [1.29, 1.82) is 0 Å². The number of benzene rings is 1. The molecule has 2 aromatic rings. The van der Waals surface area contributed by atoms with E-state index in [0.717, 1.165) is 41.9 Å². The van der Waals surface area contributed by atoms with Gasteiger partial charge in [-0.15, -0.1) is 10.8 Å². The normalized spacial score (nSPS) is 34.8. The first-order valence-electron chi connectivity index (χ1n) is 14.4. The van der Waals surface area contributed by atoms with Gasteiger partial charge < -0.3 is 9.15 Å². The summed E-state index contributed by atoms with van der Waals surface area (Å²) in [6.45, 7) is 7.08. The van der Waals surface area contributed by atoms with Gasteiger partial charge in [0.05, 0.1) is 30.2 Å². The predicted octanol–water partition coefficient (Wildman–Crippen LogP) is 6.72. The van der Waals surface area contributed by atoms with Crippen molar-refractivity contribution in [3.8, 4) is 11.5 Å². The molecule has 4 aliphatic carbocycles. The molecule has 2 heterocycles. The number of ether oxygens (including phenoxy) is 1. The lowest BCUT2D eigenvalue weighted by molar-refractivity contribution is -0.123. The molecule has 4 unspecified atom stereocenters. The fraction of sp³-hybridized carbons (Fsp3) is 0.500. The van der Waals surface area contributed by atoms with Gasteiger partial charge >= 0.3 is 0 Å². The lowest BCUT2D eigenvalue weighted by Gasteiger charge is -2.38. The number of rotatable bonds is 8. The highest BCUT2D eigenvalue weighted by Gasteiger charge is 2.97. The Labute approximate surface area is 237 Å². The van der Waals surface area contributed by atoms with E-state index in [2.05, 4.69) is 37.1 Å². The molecular weight excluding hydrogens is 524 g/mol. The van der Waals surface area contributed by atoms with E-state index in [-0.39, 0.29) is 34.3 Å². The average molecular weight is 563 g/mol. The Hall–Kier alpha value is -2.65. The van der Waals surface area contributed by atoms with Crippen molar-refractivity contribution >= 4 is 16.7 Å². The van der Waals surface area contributed by atoms with Gasteiger partial charge in [0.15, 0.2) is 0 Å². The molecule has 1 saturated heterocycles. The van der Waals surface area contributed by atoms with Crippen molar-refractivity contribution in [2.75, 3.05) is 12.4 Å². The molecule has 2 N–H and O–H groups in total. The number of aryl methyl sites for hydroxylation is 1. The number of hydrogen-bond donors (Lipinski definition) is 2. The van der Waals surface area contributed by atoms with Crippen molar-refractivity contribution < 1.29 is 23.1 Å². The van der Waals surface area contributed by atoms with Crippen molar-refractivity contribution in [2.24, 2.45) is 22.2 Å². The Morgan fingerprint density at radius 3 is 2.85 bits per heavy atom. The molecule has 5 atom stereocenters. The van der Waals surface area contributed by atoms with E-state index < -0.39 is 10.8 Å². The van der Waals surface area contributed by atoms with Crippen LogP contribution in [0.5, 0.6) is 0 Å². The standard InChI is InChI=1S/C32H38N2O5S/c1-21-25(33-29(39-21)23-11-5-4-6-12-23)15-16-38-24-13-7-9-22(17-24)10-8-14-28(35)34-27-18-26-30(2,3)32(26)19-31(27,32)20-40(34,36)37/h4-9,11-12,14,17,24,26-27,36-37H,10,13,15-16,18-20H2,1-3H3/b14-8-/t24?,26?,27?,31-,32?/m1/s1. The zero-order valence-corrected chi connectivity index (χ0v) is 24.2. The summed E-state index contributed by atoms with van der Waals surface area (Å²) in [5, 5.41) is 0. The average Bonchev–Trinajstić information content (AvgIpc) is 3.47. The summed E-state index contributed by atoms with van der Waals surface area (Å²) in [7, 11) is -3.07. The van der Waals surface area contributed by atoms with Gasteiger partial charge in [0.1, 0.15) is 5.76 Å². The SMILES string of the molecule is Cc1oc(-c2ccccc2)nc1CCOC1C=C(C/C=C\C(=O)N2C3CC4C(C)(C)C45C[C@@]35CS2(O)O)C=CC1. The number of oxazole rings is 1. The van der Waals surface area contributed by atoms with Gasteiger partial charge in [0, 0.05) is 23.5 Å². The third-order valence-corrected chi connectivity index (χ3v) is 12.5. The molecule has 0 radical (unpaired) electrons. The summed E-state index contributed by atoms with van der Waals surface area (Å²) in [6.07, 6.45) is 13.6. The van der Waals surface area contributed by atoms with Gasteiger partial charge in [0.2, 0.25) is 5.89 Å². The Morgan fingerprint density at radius 1 is 1.27 bits per heavy atom. The molecule has 212 valence electrons. The van der Waals surface area contributed by atoms with Crippen LogP contribution in [0.25, 0.3) is 11.5 Å². The van der Waals surface area contributed by atoms with Crippen LogP contribution in [0.4, 0.5) is 0 Å². The maximum absolute atomic E-state index is 13.2. The summed E-state index contributed by atoms with van der Waals surface area (Å²) in [6, 6.07) is 9.86. The first kappa shape index (κ1) is 26.3. The highest BCUT2D eigenvalue weighted by atomic mass is 32.3. The van der Waals surface area contributed by atoms with Gasteiger partial charge in [-0.05, 0) is 67.1 Å². The second-order valence-electron chi connectivity index (χ2n) is 12.8. The summed E-state index contributed by atoms with van der Waals surface area (Å²) >= 11 is 0. The minimum absolute atomic E-state index is 0.0311. The molecule has 1 aromatic heterocycles. The van der Waals surface area contributed by atoms with Crippen LogP contribution >= 0.6 is 10.8 Å². The number of aromatic nitrogens is 1. The summed E-state index contributed by atoms with van der Waals surface area (Å²) in [4.78, 5) is 17.9. The lowest BCUT2D eigenvalue weighted by Crippen LogP contribution is -2.38. The van der Waals surface area contributed by atoms with Crippen LogP contribution in [0.2, 0.25) is 0 Å². The molecule has 40 heavy (non-hydrogen) atoms. The molecular formula is C32H38N2O5S. The molecule has 5 aliphatic rings. The number of carbonyl (C=O) groups is 1. The third-order valence-electron chi connectivity index (χ3n) is 10.6. The monoisotopic (exact) mass is 562 g/mol. The Kier molecular flexibility index (Phi) is 5.86. The van der Waals surface area contributed by atoms with Crippen LogP contribution in [0.3, 0.4) is 0 Å². The van der Waals surface area contributed by atoms with Gasteiger partial charge in [-0.25, -0.2) is 9.29 Å². The van der Waals surface area contributed by atoms with E-state index in [1.165, 1.54) is 10.4 Å². The van der Waals surface area contributed by atoms with Crippen molar-refractivity contribution in [1.82, 2.24) is 9.29 Å². The Balaban J connectivity index is 0.931. The minimum atomic E-state index is -3.07. The van der Waals surface area contributed by atoms with Crippen LogP contribution in [0.1, 0.15) is 51.0 Å². The highest BCUT2D eigenvalue weighted by molar-refractivity contribution is 8.22. The molecule has 1 aliphatic heterocycles. The van der Waals surface area contributed by atoms with E-state index in [9.17, 15) is 13.9 Å². The van der Waals surface area contributed by atoms with E-state index in [1.54, 1.807) is 0 Å². The predicted molar refractivity (Wildman–Crippen MR) is 155 cm³/mol. The molecule has 7 rings (SSSR count). The fourth-order valence-electron chi connectivity index (χ4n) is 8.64. The van der Waals surface area contributed by atoms with E-state index in [1.807, 2.05) is 43.3 Å². The lowest BCUT2D eigenvalue weighted by atomic mass is 9.89. The molecule has 7 nitrogen and oxygen atoms in total.